The fraction of sp³-hybridized carbons (Fsp3) is 0.625. The third-order valence-electron chi connectivity index (χ3n) is 3.79. The van der Waals surface area contributed by atoms with E-state index in [1.54, 1.807) is 6.20 Å². The van der Waals surface area contributed by atoms with Crippen molar-refractivity contribution in [2.45, 2.75) is 44.7 Å². The Morgan fingerprint density at radius 1 is 1.52 bits per heavy atom. The summed E-state index contributed by atoms with van der Waals surface area (Å²) in [7, 11) is 2.08. The second kappa shape index (κ2) is 6.89. The van der Waals surface area contributed by atoms with Gasteiger partial charge in [-0.3, -0.25) is 4.79 Å². The average molecular weight is 291 g/mol. The first-order valence-corrected chi connectivity index (χ1v) is 7.51. The highest BCUT2D eigenvalue weighted by atomic mass is 16.5. The number of likely N-dealkylation sites (tertiary alicyclic amines) is 1. The molecule has 0 bridgehead atoms. The second-order valence-corrected chi connectivity index (χ2v) is 6.37. The summed E-state index contributed by atoms with van der Waals surface area (Å²) in [5, 5.41) is 3.06. The van der Waals surface area contributed by atoms with Crippen LogP contribution in [0, 0.1) is 0 Å². The third kappa shape index (κ3) is 5.01. The van der Waals surface area contributed by atoms with Gasteiger partial charge in [0.2, 0.25) is 11.8 Å². The smallest absolute Gasteiger partial charge is 0.222 e. The number of ether oxygens (including phenoxy) is 1. The van der Waals surface area contributed by atoms with Crippen molar-refractivity contribution in [3.8, 4) is 5.88 Å². The maximum absolute atomic E-state index is 12.2. The van der Waals surface area contributed by atoms with Gasteiger partial charge in [-0.15, -0.1) is 0 Å². The van der Waals surface area contributed by atoms with Gasteiger partial charge < -0.3 is 15.0 Å². The SMILES string of the molecule is CN1CCC[C@H]1CC(=O)NC(C)(C)COc1ccccn1. The molecule has 21 heavy (non-hydrogen) atoms. The number of aromatic nitrogens is 1. The maximum Gasteiger partial charge on any atom is 0.222 e. The lowest BCUT2D eigenvalue weighted by atomic mass is 10.1. The molecule has 1 atom stereocenters. The van der Waals surface area contributed by atoms with E-state index >= 15 is 0 Å². The zero-order chi connectivity index (χ0) is 15.3. The molecule has 1 aliphatic rings. The first-order valence-electron chi connectivity index (χ1n) is 7.51. The molecule has 116 valence electrons. The van der Waals surface area contributed by atoms with Crippen LogP contribution < -0.4 is 10.1 Å². The second-order valence-electron chi connectivity index (χ2n) is 6.37. The van der Waals surface area contributed by atoms with Crippen LogP contribution in [0.5, 0.6) is 5.88 Å². The van der Waals surface area contributed by atoms with Gasteiger partial charge in [-0.2, -0.15) is 0 Å². The predicted octanol–water partition coefficient (Wildman–Crippen LogP) is 1.84. The van der Waals surface area contributed by atoms with Gasteiger partial charge >= 0.3 is 0 Å². The Morgan fingerprint density at radius 3 is 2.95 bits per heavy atom. The van der Waals surface area contributed by atoms with Crippen LogP contribution in [-0.2, 0) is 4.79 Å². The van der Waals surface area contributed by atoms with E-state index in [0.29, 0.717) is 24.9 Å². The van der Waals surface area contributed by atoms with Crippen LogP contribution in [-0.4, -0.2) is 47.6 Å². The molecule has 5 heteroatoms. The van der Waals surface area contributed by atoms with Crippen molar-refractivity contribution in [1.82, 2.24) is 15.2 Å². The molecule has 0 unspecified atom stereocenters. The Hall–Kier alpha value is -1.62. The molecular formula is C16H25N3O2. The number of rotatable bonds is 6. The van der Waals surface area contributed by atoms with E-state index < -0.39 is 5.54 Å². The number of pyridine rings is 1. The van der Waals surface area contributed by atoms with Crippen molar-refractivity contribution in [2.75, 3.05) is 20.2 Å². The summed E-state index contributed by atoms with van der Waals surface area (Å²) in [6.45, 7) is 5.42. The Bertz CT molecular complexity index is 462. The molecule has 0 spiro atoms. The topological polar surface area (TPSA) is 54.5 Å². The number of carbonyl (C=O) groups is 1. The van der Waals surface area contributed by atoms with Crippen molar-refractivity contribution >= 4 is 5.91 Å². The van der Waals surface area contributed by atoms with Crippen molar-refractivity contribution < 1.29 is 9.53 Å². The zero-order valence-corrected chi connectivity index (χ0v) is 13.1. The van der Waals surface area contributed by atoms with E-state index in [2.05, 4.69) is 22.2 Å². The maximum atomic E-state index is 12.2. The first-order chi connectivity index (χ1) is 9.96. The van der Waals surface area contributed by atoms with Gasteiger partial charge in [-0.05, 0) is 46.3 Å². The molecule has 2 rings (SSSR count). The van der Waals surface area contributed by atoms with Crippen LogP contribution in [0.3, 0.4) is 0 Å². The van der Waals surface area contributed by atoms with Crippen molar-refractivity contribution in [2.24, 2.45) is 0 Å². The van der Waals surface area contributed by atoms with Gasteiger partial charge in [0.05, 0.1) is 5.54 Å². The standard InChI is InChI=1S/C16H25N3O2/c1-16(2,12-21-15-8-4-5-9-17-15)18-14(20)11-13-7-6-10-19(13)3/h4-5,8-9,13H,6-7,10-12H2,1-3H3,(H,18,20)/t13-/m0/s1. The monoisotopic (exact) mass is 291 g/mol. The number of hydrogen-bond donors (Lipinski definition) is 1. The van der Waals surface area contributed by atoms with E-state index in [9.17, 15) is 4.79 Å². The first kappa shape index (κ1) is 15.8. The van der Waals surface area contributed by atoms with E-state index in [0.717, 1.165) is 13.0 Å². The lowest BCUT2D eigenvalue weighted by Gasteiger charge is -2.27. The fourth-order valence-corrected chi connectivity index (χ4v) is 2.60. The molecule has 0 saturated carbocycles. The Kier molecular flexibility index (Phi) is 5.17. The molecule has 5 nitrogen and oxygen atoms in total. The number of carbonyl (C=O) groups excluding carboxylic acids is 1. The van der Waals surface area contributed by atoms with E-state index in [-0.39, 0.29) is 5.91 Å². The summed E-state index contributed by atoms with van der Waals surface area (Å²) in [6.07, 6.45) is 4.54. The summed E-state index contributed by atoms with van der Waals surface area (Å²) in [6, 6.07) is 5.91. The normalized spacial score (nSPS) is 19.5. The average Bonchev–Trinajstić information content (AvgIpc) is 2.83. The van der Waals surface area contributed by atoms with Gasteiger partial charge in [0, 0.05) is 24.7 Å². The molecule has 1 aromatic rings. The summed E-state index contributed by atoms with van der Waals surface area (Å²) in [5.41, 5.74) is -0.411. The number of amides is 1. The fourth-order valence-electron chi connectivity index (χ4n) is 2.60. The molecule has 1 fully saturated rings. The predicted molar refractivity (Wildman–Crippen MR) is 82.2 cm³/mol. The van der Waals surface area contributed by atoms with Gasteiger partial charge in [0.1, 0.15) is 6.61 Å². The minimum Gasteiger partial charge on any atom is -0.475 e. The lowest BCUT2D eigenvalue weighted by molar-refractivity contribution is -0.124. The Balaban J connectivity index is 1.78. The molecular weight excluding hydrogens is 266 g/mol. The molecule has 1 aliphatic heterocycles. The molecule has 1 saturated heterocycles. The van der Waals surface area contributed by atoms with Crippen LogP contribution in [0.2, 0.25) is 0 Å². The van der Waals surface area contributed by atoms with E-state index in [1.165, 1.54) is 6.42 Å². The van der Waals surface area contributed by atoms with Crippen molar-refractivity contribution in [3.05, 3.63) is 24.4 Å². The molecule has 0 aliphatic carbocycles. The Labute approximate surface area is 126 Å². The minimum absolute atomic E-state index is 0.0865. The van der Waals surface area contributed by atoms with Gasteiger partial charge in [0.15, 0.2) is 0 Å². The van der Waals surface area contributed by atoms with Crippen LogP contribution in [0.25, 0.3) is 0 Å². The highest BCUT2D eigenvalue weighted by molar-refractivity contribution is 5.77. The minimum atomic E-state index is -0.411. The quantitative estimate of drug-likeness (QED) is 0.869. The summed E-state index contributed by atoms with van der Waals surface area (Å²) in [4.78, 5) is 18.5. The molecule has 1 N–H and O–H groups in total. The third-order valence-corrected chi connectivity index (χ3v) is 3.79. The van der Waals surface area contributed by atoms with Crippen molar-refractivity contribution in [1.29, 1.82) is 0 Å². The Morgan fingerprint density at radius 2 is 2.33 bits per heavy atom. The molecule has 1 amide bonds. The molecule has 2 heterocycles. The van der Waals surface area contributed by atoms with E-state index in [4.69, 9.17) is 4.74 Å². The van der Waals surface area contributed by atoms with Crippen LogP contribution >= 0.6 is 0 Å². The van der Waals surface area contributed by atoms with Crippen LogP contribution in [0.1, 0.15) is 33.1 Å². The summed E-state index contributed by atoms with van der Waals surface area (Å²) < 4.78 is 5.63. The lowest BCUT2D eigenvalue weighted by Crippen LogP contribution is -2.49. The number of hydrogen-bond acceptors (Lipinski definition) is 4. The molecule has 1 aromatic heterocycles. The number of nitrogens with zero attached hydrogens (tertiary/aromatic N) is 2. The van der Waals surface area contributed by atoms with Gasteiger partial charge in [-0.1, -0.05) is 6.07 Å². The largest absolute Gasteiger partial charge is 0.475 e. The zero-order valence-electron chi connectivity index (χ0n) is 13.1. The van der Waals surface area contributed by atoms with Crippen LogP contribution in [0.15, 0.2) is 24.4 Å². The summed E-state index contributed by atoms with van der Waals surface area (Å²) >= 11 is 0. The molecule has 0 aromatic carbocycles. The van der Waals surface area contributed by atoms with Gasteiger partial charge in [0.25, 0.3) is 0 Å². The highest BCUT2D eigenvalue weighted by Crippen LogP contribution is 2.18. The van der Waals surface area contributed by atoms with Gasteiger partial charge in [-0.25, -0.2) is 4.98 Å². The summed E-state index contributed by atoms with van der Waals surface area (Å²) in [5.74, 6) is 0.665. The highest BCUT2D eigenvalue weighted by Gasteiger charge is 2.27. The number of nitrogens with one attached hydrogen (secondary N) is 1. The van der Waals surface area contributed by atoms with Crippen LogP contribution in [0.4, 0.5) is 0 Å². The molecule has 0 radical (unpaired) electrons. The van der Waals surface area contributed by atoms with Crippen molar-refractivity contribution in [3.63, 3.8) is 0 Å². The van der Waals surface area contributed by atoms with E-state index in [1.807, 2.05) is 32.0 Å².